The van der Waals surface area contributed by atoms with Gasteiger partial charge in [0.05, 0.1) is 17.8 Å². The van der Waals surface area contributed by atoms with Crippen molar-refractivity contribution in [2.24, 2.45) is 5.73 Å². The topological polar surface area (TPSA) is 43.8 Å². The Morgan fingerprint density at radius 3 is 2.60 bits per heavy atom. The molecule has 1 aromatic carbocycles. The minimum Gasteiger partial charge on any atom is -0.320 e. The SMILES string of the molecule is CCn1cc(C(N)c2ccc(Br)c(C(F)(F)F)c2)cn1. The summed E-state index contributed by atoms with van der Waals surface area (Å²) < 4.78 is 40.3. The second kappa shape index (κ2) is 5.57. The highest BCUT2D eigenvalue weighted by molar-refractivity contribution is 9.10. The summed E-state index contributed by atoms with van der Waals surface area (Å²) in [4.78, 5) is 0. The van der Waals surface area contributed by atoms with Gasteiger partial charge in [0.1, 0.15) is 0 Å². The van der Waals surface area contributed by atoms with Gasteiger partial charge in [-0.1, -0.05) is 22.0 Å². The van der Waals surface area contributed by atoms with Crippen molar-refractivity contribution in [1.29, 1.82) is 0 Å². The Balaban J connectivity index is 2.37. The summed E-state index contributed by atoms with van der Waals surface area (Å²) in [6.07, 6.45) is -1.11. The molecular formula is C13H13BrF3N3. The third-order valence-corrected chi connectivity index (χ3v) is 3.68. The standard InChI is InChI=1S/C13H13BrF3N3/c1-2-20-7-9(6-19-20)12(18)8-3-4-11(14)10(5-8)13(15,16)17/h3-7,12H,2,18H2,1H3. The summed E-state index contributed by atoms with van der Waals surface area (Å²) in [5.41, 5.74) is 6.36. The summed E-state index contributed by atoms with van der Waals surface area (Å²) in [5, 5.41) is 4.08. The Kier molecular flexibility index (Phi) is 4.19. The zero-order valence-corrected chi connectivity index (χ0v) is 12.2. The highest BCUT2D eigenvalue weighted by atomic mass is 79.9. The number of nitrogens with zero attached hydrogens (tertiary/aromatic N) is 2. The lowest BCUT2D eigenvalue weighted by Gasteiger charge is -2.14. The van der Waals surface area contributed by atoms with E-state index in [1.165, 1.54) is 6.07 Å². The van der Waals surface area contributed by atoms with Crippen molar-refractivity contribution in [2.75, 3.05) is 0 Å². The molecule has 0 saturated heterocycles. The molecule has 20 heavy (non-hydrogen) atoms. The van der Waals surface area contributed by atoms with E-state index in [2.05, 4.69) is 21.0 Å². The second-order valence-electron chi connectivity index (χ2n) is 4.34. The van der Waals surface area contributed by atoms with Crippen LogP contribution < -0.4 is 5.73 Å². The number of halogens is 4. The van der Waals surface area contributed by atoms with Gasteiger partial charge >= 0.3 is 6.18 Å². The molecule has 2 N–H and O–H groups in total. The first-order valence-corrected chi connectivity index (χ1v) is 6.76. The van der Waals surface area contributed by atoms with Gasteiger partial charge in [-0.3, -0.25) is 4.68 Å². The molecule has 1 heterocycles. The first kappa shape index (κ1) is 15.1. The predicted molar refractivity (Wildman–Crippen MR) is 73.1 cm³/mol. The van der Waals surface area contributed by atoms with Gasteiger partial charge in [-0.2, -0.15) is 18.3 Å². The molecule has 1 atom stereocenters. The summed E-state index contributed by atoms with van der Waals surface area (Å²) in [6, 6.07) is 3.37. The predicted octanol–water partition coefficient (Wildman–Crippen LogP) is 3.73. The lowest BCUT2D eigenvalue weighted by molar-refractivity contribution is -0.138. The summed E-state index contributed by atoms with van der Waals surface area (Å²) >= 11 is 2.91. The number of alkyl halides is 3. The molecule has 1 aromatic heterocycles. The molecule has 108 valence electrons. The molecule has 1 unspecified atom stereocenters. The van der Waals surface area contributed by atoms with E-state index in [1.54, 1.807) is 23.1 Å². The van der Waals surface area contributed by atoms with E-state index in [0.29, 0.717) is 17.7 Å². The van der Waals surface area contributed by atoms with Crippen LogP contribution in [0.15, 0.2) is 35.1 Å². The zero-order valence-electron chi connectivity index (χ0n) is 10.7. The summed E-state index contributed by atoms with van der Waals surface area (Å²) in [5.74, 6) is 0. The molecule has 3 nitrogen and oxygen atoms in total. The van der Waals surface area contributed by atoms with Crippen LogP contribution in [0, 0.1) is 0 Å². The Bertz CT molecular complexity index is 607. The van der Waals surface area contributed by atoms with Crippen molar-refractivity contribution in [2.45, 2.75) is 25.7 Å². The molecular weight excluding hydrogens is 335 g/mol. The maximum absolute atomic E-state index is 12.9. The van der Waals surface area contributed by atoms with Crippen molar-refractivity contribution in [3.8, 4) is 0 Å². The van der Waals surface area contributed by atoms with Crippen LogP contribution in [0.1, 0.15) is 29.7 Å². The van der Waals surface area contributed by atoms with Gasteiger partial charge in [0.15, 0.2) is 0 Å². The Labute approximate surface area is 122 Å². The lowest BCUT2D eigenvalue weighted by atomic mass is 10.0. The van der Waals surface area contributed by atoms with E-state index < -0.39 is 17.8 Å². The minimum absolute atomic E-state index is 0.00482. The number of hydrogen-bond donors (Lipinski definition) is 1. The van der Waals surface area contributed by atoms with Crippen LogP contribution in [-0.2, 0) is 12.7 Å². The van der Waals surface area contributed by atoms with E-state index in [1.807, 2.05) is 6.92 Å². The summed E-state index contributed by atoms with van der Waals surface area (Å²) in [7, 11) is 0. The van der Waals surface area contributed by atoms with Crippen molar-refractivity contribution in [1.82, 2.24) is 9.78 Å². The molecule has 2 aromatic rings. The van der Waals surface area contributed by atoms with Crippen molar-refractivity contribution < 1.29 is 13.2 Å². The van der Waals surface area contributed by atoms with Gasteiger partial charge in [0, 0.05) is 22.8 Å². The Morgan fingerprint density at radius 2 is 2.05 bits per heavy atom. The van der Waals surface area contributed by atoms with E-state index in [-0.39, 0.29) is 4.47 Å². The average molecular weight is 348 g/mol. The van der Waals surface area contributed by atoms with E-state index >= 15 is 0 Å². The van der Waals surface area contributed by atoms with E-state index in [0.717, 1.165) is 6.07 Å². The fraction of sp³-hybridized carbons (Fsp3) is 0.308. The second-order valence-corrected chi connectivity index (χ2v) is 5.20. The molecule has 0 bridgehead atoms. The van der Waals surface area contributed by atoms with Gasteiger partial charge in [0.25, 0.3) is 0 Å². The average Bonchev–Trinajstić information content (AvgIpc) is 2.86. The van der Waals surface area contributed by atoms with Gasteiger partial charge < -0.3 is 5.73 Å². The highest BCUT2D eigenvalue weighted by Crippen LogP contribution is 2.36. The number of nitrogens with two attached hydrogens (primary N) is 1. The molecule has 0 aliphatic carbocycles. The largest absolute Gasteiger partial charge is 0.417 e. The van der Waals surface area contributed by atoms with Crippen molar-refractivity contribution in [3.05, 3.63) is 51.8 Å². The van der Waals surface area contributed by atoms with E-state index in [9.17, 15) is 13.2 Å². The normalized spacial score (nSPS) is 13.5. The maximum atomic E-state index is 12.9. The zero-order chi connectivity index (χ0) is 14.9. The quantitative estimate of drug-likeness (QED) is 0.919. The highest BCUT2D eigenvalue weighted by Gasteiger charge is 2.33. The Hall–Kier alpha value is -1.34. The van der Waals surface area contributed by atoms with Crippen LogP contribution in [0.2, 0.25) is 0 Å². The fourth-order valence-corrected chi connectivity index (χ4v) is 2.33. The first-order valence-electron chi connectivity index (χ1n) is 5.97. The Morgan fingerprint density at radius 1 is 1.35 bits per heavy atom. The molecule has 7 heteroatoms. The van der Waals surface area contributed by atoms with Crippen molar-refractivity contribution in [3.63, 3.8) is 0 Å². The summed E-state index contributed by atoms with van der Waals surface area (Å²) in [6.45, 7) is 2.60. The number of aromatic nitrogens is 2. The molecule has 0 aliphatic heterocycles. The fourth-order valence-electron chi connectivity index (χ4n) is 1.86. The number of rotatable bonds is 3. The number of aryl methyl sites for hydroxylation is 1. The smallest absolute Gasteiger partial charge is 0.320 e. The van der Waals surface area contributed by atoms with Gasteiger partial charge in [-0.05, 0) is 24.6 Å². The van der Waals surface area contributed by atoms with E-state index in [4.69, 9.17) is 5.73 Å². The molecule has 0 spiro atoms. The van der Waals surface area contributed by atoms with Crippen molar-refractivity contribution >= 4 is 15.9 Å². The third kappa shape index (κ3) is 3.04. The molecule has 2 rings (SSSR count). The van der Waals surface area contributed by atoms with Crippen LogP contribution in [0.5, 0.6) is 0 Å². The lowest BCUT2D eigenvalue weighted by Crippen LogP contribution is -2.14. The van der Waals surface area contributed by atoms with Crippen LogP contribution in [0.4, 0.5) is 13.2 Å². The molecule has 0 saturated carbocycles. The van der Waals surface area contributed by atoms with Gasteiger partial charge in [-0.15, -0.1) is 0 Å². The van der Waals surface area contributed by atoms with Gasteiger partial charge in [-0.25, -0.2) is 0 Å². The maximum Gasteiger partial charge on any atom is 0.417 e. The first-order chi connectivity index (χ1) is 9.32. The van der Waals surface area contributed by atoms with Crippen LogP contribution in [0.25, 0.3) is 0 Å². The number of benzene rings is 1. The molecule has 0 amide bonds. The number of hydrogen-bond acceptors (Lipinski definition) is 2. The van der Waals surface area contributed by atoms with Gasteiger partial charge in [0.2, 0.25) is 0 Å². The van der Waals surface area contributed by atoms with Crippen LogP contribution >= 0.6 is 15.9 Å². The monoisotopic (exact) mass is 347 g/mol. The third-order valence-electron chi connectivity index (χ3n) is 2.99. The van der Waals surface area contributed by atoms with Crippen LogP contribution in [-0.4, -0.2) is 9.78 Å². The molecule has 0 aliphatic rings. The minimum atomic E-state index is -4.41. The van der Waals surface area contributed by atoms with Crippen LogP contribution in [0.3, 0.4) is 0 Å². The molecule has 0 fully saturated rings. The molecule has 0 radical (unpaired) electrons.